The van der Waals surface area contributed by atoms with Gasteiger partial charge in [-0.15, -0.1) is 0 Å². The molecule has 0 bridgehead atoms. The first-order chi connectivity index (χ1) is 8.94. The van der Waals surface area contributed by atoms with Crippen LogP contribution in [-0.4, -0.2) is 24.7 Å². The van der Waals surface area contributed by atoms with Crippen LogP contribution in [0.5, 0.6) is 0 Å². The predicted molar refractivity (Wildman–Crippen MR) is 64.4 cm³/mol. The van der Waals surface area contributed by atoms with Crippen LogP contribution in [0.2, 0.25) is 0 Å². The molecule has 7 nitrogen and oxygen atoms in total. The quantitative estimate of drug-likeness (QED) is 0.644. The van der Waals surface area contributed by atoms with Gasteiger partial charge < -0.3 is 4.52 Å². The first-order valence-corrected chi connectivity index (χ1v) is 6.85. The molecule has 8 heteroatoms. The monoisotopic (exact) mass is 285 g/mol. The lowest BCUT2D eigenvalue weighted by atomic mass is 10.2. The zero-order valence-electron chi connectivity index (χ0n) is 10.2. The summed E-state index contributed by atoms with van der Waals surface area (Å²) in [6, 6.07) is 5.45. The second-order valence-corrected chi connectivity index (χ2v) is 5.00. The van der Waals surface area contributed by atoms with Crippen molar-refractivity contribution in [1.82, 2.24) is 5.16 Å². The number of aromatic nitrogens is 2. The SMILES string of the molecule is Cc1cc(-c2cc[n+](CCOS(=O)(=O)O)cc2)on1. The Hall–Kier alpha value is -1.77. The van der Waals surface area contributed by atoms with Gasteiger partial charge in [0, 0.05) is 23.8 Å². The van der Waals surface area contributed by atoms with Gasteiger partial charge in [0.2, 0.25) is 0 Å². The van der Waals surface area contributed by atoms with Crippen LogP contribution in [0.25, 0.3) is 11.3 Å². The van der Waals surface area contributed by atoms with Gasteiger partial charge in [0.25, 0.3) is 0 Å². The maximum absolute atomic E-state index is 10.4. The molecule has 0 aromatic carbocycles. The number of aryl methyl sites for hydroxylation is 1. The van der Waals surface area contributed by atoms with E-state index in [-0.39, 0.29) is 6.61 Å². The van der Waals surface area contributed by atoms with Gasteiger partial charge in [-0.1, -0.05) is 5.16 Å². The Bertz CT molecular complexity index is 648. The fourth-order valence-corrected chi connectivity index (χ4v) is 1.80. The highest BCUT2D eigenvalue weighted by Gasteiger charge is 2.09. The number of hydrogen-bond donors (Lipinski definition) is 1. The van der Waals surface area contributed by atoms with E-state index in [9.17, 15) is 8.42 Å². The molecule has 19 heavy (non-hydrogen) atoms. The topological polar surface area (TPSA) is 93.5 Å². The summed E-state index contributed by atoms with van der Waals surface area (Å²) in [6.07, 6.45) is 3.50. The third kappa shape index (κ3) is 4.12. The van der Waals surface area contributed by atoms with Gasteiger partial charge in [0.1, 0.15) is 6.61 Å². The van der Waals surface area contributed by atoms with E-state index in [1.807, 2.05) is 25.1 Å². The summed E-state index contributed by atoms with van der Waals surface area (Å²) in [5.41, 5.74) is 1.67. The van der Waals surface area contributed by atoms with Crippen LogP contribution >= 0.6 is 0 Å². The summed E-state index contributed by atoms with van der Waals surface area (Å²) >= 11 is 0. The highest BCUT2D eigenvalue weighted by molar-refractivity contribution is 7.80. The lowest BCUT2D eigenvalue weighted by Crippen LogP contribution is -2.35. The number of hydrogen-bond acceptors (Lipinski definition) is 5. The van der Waals surface area contributed by atoms with E-state index in [4.69, 9.17) is 9.08 Å². The van der Waals surface area contributed by atoms with Crippen molar-refractivity contribution in [2.75, 3.05) is 6.61 Å². The normalized spacial score (nSPS) is 11.7. The smallest absolute Gasteiger partial charge is 0.356 e. The molecule has 0 fully saturated rings. The lowest BCUT2D eigenvalue weighted by Gasteiger charge is -1.98. The van der Waals surface area contributed by atoms with E-state index in [0.29, 0.717) is 12.3 Å². The summed E-state index contributed by atoms with van der Waals surface area (Å²) in [5.74, 6) is 0.666. The Morgan fingerprint density at radius 3 is 2.63 bits per heavy atom. The molecule has 2 rings (SSSR count). The Morgan fingerprint density at radius 1 is 1.42 bits per heavy atom. The minimum Gasteiger partial charge on any atom is -0.356 e. The van der Waals surface area contributed by atoms with Crippen molar-refractivity contribution in [3.63, 3.8) is 0 Å². The molecule has 0 amide bonds. The van der Waals surface area contributed by atoms with E-state index in [0.717, 1.165) is 11.3 Å². The molecule has 0 spiro atoms. The Morgan fingerprint density at radius 2 is 2.11 bits per heavy atom. The van der Waals surface area contributed by atoms with Gasteiger partial charge in [-0.2, -0.15) is 8.42 Å². The van der Waals surface area contributed by atoms with Crippen molar-refractivity contribution in [3.05, 3.63) is 36.3 Å². The van der Waals surface area contributed by atoms with Gasteiger partial charge in [-0.25, -0.2) is 8.75 Å². The Kier molecular flexibility index (Phi) is 3.93. The molecule has 0 saturated heterocycles. The molecule has 1 N–H and O–H groups in total. The molecule has 0 aliphatic carbocycles. The first-order valence-electron chi connectivity index (χ1n) is 5.49. The fourth-order valence-electron chi connectivity index (χ4n) is 1.52. The van der Waals surface area contributed by atoms with Crippen LogP contribution in [-0.2, 0) is 21.1 Å². The van der Waals surface area contributed by atoms with Crippen LogP contribution in [0.4, 0.5) is 0 Å². The van der Waals surface area contributed by atoms with Crippen LogP contribution in [0, 0.1) is 6.92 Å². The molecular formula is C11H13N2O5S+. The van der Waals surface area contributed by atoms with Gasteiger partial charge in [0.15, 0.2) is 24.7 Å². The van der Waals surface area contributed by atoms with E-state index < -0.39 is 10.4 Å². The second kappa shape index (κ2) is 5.47. The van der Waals surface area contributed by atoms with Gasteiger partial charge >= 0.3 is 10.4 Å². The predicted octanol–water partition coefficient (Wildman–Crippen LogP) is 0.757. The molecule has 0 aliphatic rings. The van der Waals surface area contributed by atoms with Crippen molar-refractivity contribution >= 4 is 10.4 Å². The summed E-state index contributed by atoms with van der Waals surface area (Å²) in [6.45, 7) is 2.00. The lowest BCUT2D eigenvalue weighted by molar-refractivity contribution is -0.697. The minimum atomic E-state index is -4.38. The van der Waals surface area contributed by atoms with Gasteiger partial charge in [-0.05, 0) is 6.92 Å². The van der Waals surface area contributed by atoms with Crippen LogP contribution < -0.4 is 4.57 Å². The van der Waals surface area contributed by atoms with Crippen molar-refractivity contribution in [2.45, 2.75) is 13.5 Å². The van der Waals surface area contributed by atoms with Crippen molar-refractivity contribution in [1.29, 1.82) is 0 Å². The molecule has 2 aromatic heterocycles. The van der Waals surface area contributed by atoms with Crippen molar-refractivity contribution in [3.8, 4) is 11.3 Å². The zero-order chi connectivity index (χ0) is 13.9. The highest BCUT2D eigenvalue weighted by Crippen LogP contribution is 2.18. The van der Waals surface area contributed by atoms with Gasteiger partial charge in [-0.3, -0.25) is 4.55 Å². The van der Waals surface area contributed by atoms with E-state index >= 15 is 0 Å². The summed E-state index contributed by atoms with van der Waals surface area (Å²) in [4.78, 5) is 0. The summed E-state index contributed by atoms with van der Waals surface area (Å²) in [7, 11) is -4.38. The third-order valence-electron chi connectivity index (χ3n) is 2.39. The molecule has 0 saturated carbocycles. The van der Waals surface area contributed by atoms with Crippen molar-refractivity contribution < 1.29 is 26.2 Å². The standard InChI is InChI=1S/C11H12N2O5S/c1-9-8-11(18-12-9)10-2-4-13(5-3-10)6-7-17-19(14,15)16/h2-5,8H,6-7H2,1H3/p+1. The molecular weight excluding hydrogens is 272 g/mol. The minimum absolute atomic E-state index is 0.135. The molecule has 102 valence electrons. The molecule has 2 aromatic rings. The average Bonchev–Trinajstić information content (AvgIpc) is 2.75. The maximum Gasteiger partial charge on any atom is 0.397 e. The number of rotatable bonds is 5. The number of nitrogens with zero attached hydrogens (tertiary/aromatic N) is 2. The Balaban J connectivity index is 1.99. The average molecular weight is 285 g/mol. The largest absolute Gasteiger partial charge is 0.397 e. The zero-order valence-corrected chi connectivity index (χ0v) is 11.0. The molecule has 0 atom stereocenters. The summed E-state index contributed by atoms with van der Waals surface area (Å²) < 4.78 is 40.2. The second-order valence-electron chi connectivity index (χ2n) is 3.91. The van der Waals surface area contributed by atoms with E-state index in [1.165, 1.54) is 0 Å². The molecule has 0 unspecified atom stereocenters. The van der Waals surface area contributed by atoms with Crippen molar-refractivity contribution in [2.24, 2.45) is 0 Å². The molecule has 2 heterocycles. The molecule has 0 radical (unpaired) electrons. The third-order valence-corrected chi connectivity index (χ3v) is 2.85. The van der Waals surface area contributed by atoms with E-state index in [1.54, 1.807) is 17.0 Å². The maximum atomic E-state index is 10.4. The first kappa shape index (κ1) is 13.7. The fraction of sp³-hybridized carbons (Fsp3) is 0.273. The Labute approximate surface area is 110 Å². The van der Waals surface area contributed by atoms with Crippen LogP contribution in [0.15, 0.2) is 35.1 Å². The molecule has 0 aliphatic heterocycles. The highest BCUT2D eigenvalue weighted by atomic mass is 32.3. The van der Waals surface area contributed by atoms with E-state index in [2.05, 4.69) is 9.34 Å². The number of pyridine rings is 1. The van der Waals surface area contributed by atoms with Gasteiger partial charge in [0.05, 0.1) is 5.69 Å². The summed E-state index contributed by atoms with van der Waals surface area (Å²) in [5, 5.41) is 3.80. The van der Waals surface area contributed by atoms with Crippen LogP contribution in [0.3, 0.4) is 0 Å². The van der Waals surface area contributed by atoms with Crippen LogP contribution in [0.1, 0.15) is 5.69 Å².